The van der Waals surface area contributed by atoms with Gasteiger partial charge in [-0.3, -0.25) is 33.6 Å². The number of carboxylic acids is 1. The summed E-state index contributed by atoms with van der Waals surface area (Å²) in [5.74, 6) is -9.78. The van der Waals surface area contributed by atoms with E-state index in [1.165, 1.54) is 109 Å². The van der Waals surface area contributed by atoms with E-state index in [0.29, 0.717) is 48.1 Å². The standard InChI is InChI=1S/C25H26BF2NO4S.C19H14BrF2NO2S.C19H15F2NO2S.C13H9F2NO3.C12H24B2O4.C5H7NS.BHNS/c1-24(2)25(3,4)33-26(32-24)22-12-9-17(34-22)8-11-21(30)18-6-5-13-29(23(18)31)15-16-7-10-19(27)20(28)14-16;20-18-8-5-13(26-18)4-7-17(24)14-2-1-9-23(19(14)25)11-12-3-6-15(21)16(22)10-12;20-16-7-5-13(11-17(16)21)12-22-9-1-4-15(19(22)24)18(23)8-6-14-3-2-10-25-14;14-10-4-3-8(6-11(10)15)7-16-5-1-2-9(12(16)17)13(18)19;1-9(2)10(3,4)16-13(15-9)14-17-11(5,6)12(7,8)18-14;6-4-5-2-1-3-7-5;1-2-3/h5-7,9-10,12-14H,8,11,15H2,1-4H3;1-3,5-6,8-10H,4,7,11H2;1-5,7,9-11H,6,8,12H2;1-6H,7H2,(H,18,19);1-8H3;1-3H,4,6H2;3H. The summed E-state index contributed by atoms with van der Waals surface area (Å²) in [6, 6.07) is 41.3. The molecule has 0 saturated carbocycles. The molecule has 4 aromatic carbocycles. The van der Waals surface area contributed by atoms with Crippen LogP contribution < -0.4 is 32.7 Å². The van der Waals surface area contributed by atoms with Gasteiger partial charge in [-0.1, -0.05) is 42.5 Å². The number of carboxylic acid groups (broad SMARTS) is 1. The quantitative estimate of drug-likeness (QED) is 0.0220. The van der Waals surface area contributed by atoms with Crippen molar-refractivity contribution in [3.8, 4) is 0 Å². The molecule has 0 atom stereocenters. The summed E-state index contributed by atoms with van der Waals surface area (Å²) in [7, 11) is 2.94. The topological polar surface area (TPSA) is 270 Å². The summed E-state index contributed by atoms with van der Waals surface area (Å²) in [6.45, 7) is 25.0. The molecule has 8 aromatic heterocycles. The maximum absolute atomic E-state index is 13.5. The first-order valence-electron chi connectivity index (χ1n) is 41.2. The molecule has 12 aromatic rings. The Morgan fingerprint density at radius 2 is 0.689 bits per heavy atom. The summed E-state index contributed by atoms with van der Waals surface area (Å²) < 4.78 is 151. The van der Waals surface area contributed by atoms with Gasteiger partial charge in [-0.05, 0) is 279 Å². The van der Waals surface area contributed by atoms with E-state index in [2.05, 4.69) is 40.7 Å². The molecule has 3 aliphatic heterocycles. The molecule has 1 radical (unpaired) electrons. The van der Waals surface area contributed by atoms with Crippen molar-refractivity contribution >= 4 is 131 Å². The summed E-state index contributed by atoms with van der Waals surface area (Å²) >= 11 is 12.9. The van der Waals surface area contributed by atoms with E-state index >= 15 is 0 Å². The molecule has 11 heterocycles. The third-order valence-electron chi connectivity index (χ3n) is 22.3. The number of aromatic carboxylic acids is 1. The predicted octanol–water partition coefficient (Wildman–Crippen LogP) is 18.7. The Hall–Kier alpha value is -9.99. The van der Waals surface area contributed by atoms with Crippen molar-refractivity contribution in [2.75, 3.05) is 0 Å². The minimum absolute atomic E-state index is 0.0306. The number of nitrogens with zero attached hydrogens (tertiary/aromatic N) is 5. The normalized spacial score (nSPS) is 14.9. The Labute approximate surface area is 790 Å². The van der Waals surface area contributed by atoms with E-state index in [9.17, 15) is 73.5 Å². The number of Topliss-reactive ketones (excluding diaryl/α,β-unsaturated/α-hetero) is 3. The van der Waals surface area contributed by atoms with Crippen molar-refractivity contribution in [2.24, 2.45) is 10.0 Å². The van der Waals surface area contributed by atoms with Gasteiger partial charge in [-0.15, -0.1) is 45.3 Å². The van der Waals surface area contributed by atoms with Crippen molar-refractivity contribution in [3.63, 3.8) is 0 Å². The molecule has 39 heteroatoms. The Bertz CT molecular complexity index is 6210. The first kappa shape index (κ1) is 106. The number of ketones is 3. The summed E-state index contributed by atoms with van der Waals surface area (Å²) in [5, 5.41) is 12.8. The van der Waals surface area contributed by atoms with Gasteiger partial charge in [0.2, 0.25) is 0 Å². The van der Waals surface area contributed by atoms with E-state index in [-0.39, 0.29) is 107 Å². The van der Waals surface area contributed by atoms with E-state index < -0.39 is 107 Å². The monoisotopic (exact) mass is 1970 g/mol. The molecule has 132 heavy (non-hydrogen) atoms. The second-order valence-electron chi connectivity index (χ2n) is 33.3. The predicted molar refractivity (Wildman–Crippen MR) is 507 cm³/mol. The molecule has 0 unspecified atom stereocenters. The number of halogens is 9. The van der Waals surface area contributed by atoms with Gasteiger partial charge in [0.15, 0.2) is 63.9 Å². The Morgan fingerprint density at radius 3 is 0.970 bits per heavy atom. The van der Waals surface area contributed by atoms with Crippen LogP contribution in [-0.2, 0) is 79.9 Å². The number of nitrogens with two attached hydrogens (primary N) is 1. The van der Waals surface area contributed by atoms with Gasteiger partial charge >= 0.3 is 51.9 Å². The average Bonchev–Trinajstić information content (AvgIpc) is 1.60. The molecule has 3 aliphatic rings. The SMILES string of the molecule is CC1(C)OB(B2OC(C)(C)C(C)(C)O2)OC1(C)C.CC1(C)OB(c2ccc(CCC(=O)c3cccn(Cc4ccc(F)c(F)c4)c3=O)s2)OC1(C)C.NCc1cccs1.O=C(CCc1ccc(Br)s1)c1cccn(Cc2ccc(F)c(F)c2)c1=O.O=C(CCc1cccs1)c1cccn(Cc2ccc(F)c(F)c2)c1=O.O=C(O)c1cccn(Cc2ccc(F)c(F)c2)c1=O.[B]=NS. The van der Waals surface area contributed by atoms with Crippen molar-refractivity contribution in [3.05, 3.63) is 361 Å². The number of carbonyl (C=O) groups is 4. The Kier molecular flexibility index (Phi) is 37.5. The van der Waals surface area contributed by atoms with E-state index in [0.717, 1.165) is 76.3 Å². The van der Waals surface area contributed by atoms with Crippen LogP contribution >= 0.6 is 74.1 Å². The van der Waals surface area contributed by atoms with Gasteiger partial charge in [-0.25, -0.2) is 39.9 Å². The van der Waals surface area contributed by atoms with Crippen LogP contribution in [0.2, 0.25) is 0 Å². The fraction of sp³-hybridized carbons (Fsp3) is 0.312. The molecule has 3 N–H and O–H groups in total. The van der Waals surface area contributed by atoms with Gasteiger partial charge in [0, 0.05) is 74.9 Å². The second-order valence-corrected chi connectivity index (χ2v) is 39.4. The number of aromatic nitrogens is 4. The number of pyridine rings is 4. The van der Waals surface area contributed by atoms with E-state index in [4.69, 9.17) is 38.8 Å². The molecular formula is C93H96B4BrF8N6O15S5. The number of hydrogen-bond acceptors (Lipinski definition) is 21. The van der Waals surface area contributed by atoms with Crippen molar-refractivity contribution in [1.82, 2.24) is 18.3 Å². The molecule has 0 amide bonds. The van der Waals surface area contributed by atoms with Crippen LogP contribution in [-0.4, -0.2) is 109 Å². The van der Waals surface area contributed by atoms with Crippen LogP contribution in [0, 0.1) is 46.5 Å². The fourth-order valence-corrected chi connectivity index (χ4v) is 16.6. The number of aryl methyl sites for hydroxylation is 3. The zero-order valence-electron chi connectivity index (χ0n) is 74.2. The average molecular weight is 1970 g/mol. The minimum atomic E-state index is -1.33. The second kappa shape index (κ2) is 46.8. The number of benzene rings is 4. The molecule has 0 bridgehead atoms. The van der Waals surface area contributed by atoms with E-state index in [1.807, 2.05) is 142 Å². The number of carbonyl (C=O) groups excluding carboxylic acids is 3. The van der Waals surface area contributed by atoms with Gasteiger partial charge < -0.3 is 57.0 Å². The summed E-state index contributed by atoms with van der Waals surface area (Å²) in [4.78, 5) is 102. The molecule has 693 valence electrons. The molecule has 0 aliphatic carbocycles. The zero-order chi connectivity index (χ0) is 97.0. The number of thiophene rings is 4. The van der Waals surface area contributed by atoms with Crippen LogP contribution in [0.4, 0.5) is 35.1 Å². The van der Waals surface area contributed by atoms with Crippen molar-refractivity contribution < 1.29 is 87.3 Å². The molecule has 3 fully saturated rings. The Balaban J connectivity index is 0.000000183. The van der Waals surface area contributed by atoms with Crippen LogP contribution in [0.1, 0.15) is 186 Å². The molecule has 3 saturated heterocycles. The van der Waals surface area contributed by atoms with Gasteiger partial charge in [0.25, 0.3) is 22.2 Å². The number of hydrogen-bond donors (Lipinski definition) is 3. The molecular weight excluding hydrogens is 1880 g/mol. The molecule has 15 rings (SSSR count). The zero-order valence-corrected chi connectivity index (χ0v) is 79.9. The maximum atomic E-state index is 13.5. The van der Waals surface area contributed by atoms with Crippen molar-refractivity contribution in [2.45, 2.75) is 188 Å². The van der Waals surface area contributed by atoms with Gasteiger partial charge in [0.1, 0.15) is 5.56 Å². The first-order chi connectivity index (χ1) is 62.2. The van der Waals surface area contributed by atoms with E-state index in [1.54, 1.807) is 52.2 Å². The van der Waals surface area contributed by atoms with Gasteiger partial charge in [-0.2, -0.15) is 0 Å². The number of thiol groups is 1. The fourth-order valence-electron chi connectivity index (χ4n) is 12.9. The summed E-state index contributed by atoms with van der Waals surface area (Å²) in [5.41, 5.74) is 2.61. The molecule has 0 spiro atoms. The molecule has 21 nitrogen and oxygen atoms in total. The summed E-state index contributed by atoms with van der Waals surface area (Å²) in [6.07, 6.45) is 8.26. The first-order valence-corrected chi connectivity index (χ1v) is 45.8. The Morgan fingerprint density at radius 1 is 0.402 bits per heavy atom. The van der Waals surface area contributed by atoms with Crippen LogP contribution in [0.25, 0.3) is 0 Å². The third kappa shape index (κ3) is 28.5. The van der Waals surface area contributed by atoms with Crippen LogP contribution in [0.5, 0.6) is 0 Å². The van der Waals surface area contributed by atoms with Crippen molar-refractivity contribution in [1.29, 1.82) is 0 Å². The van der Waals surface area contributed by atoms with Crippen LogP contribution in [0.3, 0.4) is 0 Å². The van der Waals surface area contributed by atoms with Gasteiger partial charge in [0.05, 0.1) is 80.3 Å². The third-order valence-corrected chi connectivity index (χ3v) is 27.0. The van der Waals surface area contributed by atoms with Crippen LogP contribution in [0.15, 0.2) is 233 Å². The number of rotatable bonds is 24.